The van der Waals surface area contributed by atoms with Crippen LogP contribution in [0.4, 0.5) is 0 Å². The number of hydrogen-bond donors (Lipinski definition) is 4. The van der Waals surface area contributed by atoms with Gasteiger partial charge in [-0.2, -0.15) is 0 Å². The fraction of sp³-hybridized carbons (Fsp3) is 0.875. The molecule has 1 saturated heterocycles. The first kappa shape index (κ1) is 17.8. The van der Waals surface area contributed by atoms with Crippen molar-refractivity contribution in [2.24, 2.45) is 17.8 Å². The van der Waals surface area contributed by atoms with Gasteiger partial charge in [-0.3, -0.25) is 0 Å². The molecule has 1 fully saturated rings. The van der Waals surface area contributed by atoms with Crippen LogP contribution in [-0.4, -0.2) is 64.3 Å². The molecule has 2 aliphatic rings. The van der Waals surface area contributed by atoms with E-state index in [4.69, 9.17) is 14.6 Å². The topological polar surface area (TPSA) is 99.4 Å². The number of ether oxygens (including phenoxy) is 2. The van der Waals surface area contributed by atoms with Crippen molar-refractivity contribution in [1.29, 1.82) is 0 Å². The molecular formula is C16H28O6. The number of hydrogen-bond acceptors (Lipinski definition) is 6. The molecule has 1 aliphatic carbocycles. The molecule has 0 radical (unpaired) electrons. The summed E-state index contributed by atoms with van der Waals surface area (Å²) >= 11 is 0. The highest BCUT2D eigenvalue weighted by Crippen LogP contribution is 2.29. The van der Waals surface area contributed by atoms with E-state index in [1.54, 1.807) is 0 Å². The predicted molar refractivity (Wildman–Crippen MR) is 79.9 cm³/mol. The second kappa shape index (κ2) is 7.86. The lowest BCUT2D eigenvalue weighted by atomic mass is 9.83. The maximum absolute atomic E-state index is 9.91. The van der Waals surface area contributed by atoms with Crippen LogP contribution in [-0.2, 0) is 9.47 Å². The van der Waals surface area contributed by atoms with Crippen LogP contribution < -0.4 is 0 Å². The summed E-state index contributed by atoms with van der Waals surface area (Å²) in [4.78, 5) is 0. The van der Waals surface area contributed by atoms with Gasteiger partial charge in [0.1, 0.15) is 24.4 Å². The van der Waals surface area contributed by atoms with Crippen molar-refractivity contribution in [1.82, 2.24) is 0 Å². The van der Waals surface area contributed by atoms with Crippen molar-refractivity contribution in [3.05, 3.63) is 12.2 Å². The zero-order valence-corrected chi connectivity index (χ0v) is 13.2. The molecule has 0 amide bonds. The number of aliphatic hydroxyl groups is 4. The molecule has 6 heteroatoms. The maximum atomic E-state index is 9.91. The van der Waals surface area contributed by atoms with Crippen LogP contribution in [0.15, 0.2) is 12.2 Å². The van der Waals surface area contributed by atoms with Crippen molar-refractivity contribution in [2.45, 2.75) is 57.4 Å². The molecule has 0 unspecified atom stereocenters. The highest BCUT2D eigenvalue weighted by atomic mass is 16.7. The first-order chi connectivity index (χ1) is 10.4. The Bertz CT molecular complexity index is 370. The Morgan fingerprint density at radius 3 is 2.36 bits per heavy atom. The Balaban J connectivity index is 1.85. The highest BCUT2D eigenvalue weighted by molar-refractivity contribution is 4.99. The number of aliphatic hydroxyl groups excluding tert-OH is 4. The Labute approximate surface area is 131 Å². The molecule has 2 rings (SSSR count). The lowest BCUT2D eigenvalue weighted by Crippen LogP contribution is -2.59. The molecule has 7 atom stereocenters. The van der Waals surface area contributed by atoms with Crippen LogP contribution in [0, 0.1) is 17.8 Å². The molecule has 0 saturated carbocycles. The molecular weight excluding hydrogens is 288 g/mol. The molecule has 1 heterocycles. The summed E-state index contributed by atoms with van der Waals surface area (Å²) in [7, 11) is 0. The van der Waals surface area contributed by atoms with Crippen LogP contribution >= 0.6 is 0 Å². The van der Waals surface area contributed by atoms with Crippen molar-refractivity contribution >= 4 is 0 Å². The first-order valence-corrected chi connectivity index (χ1v) is 8.04. The summed E-state index contributed by atoms with van der Waals surface area (Å²) in [6.45, 7) is 4.35. The normalized spacial score (nSPS) is 42.8. The molecule has 6 nitrogen and oxygen atoms in total. The van der Waals surface area contributed by atoms with Gasteiger partial charge < -0.3 is 29.9 Å². The summed E-state index contributed by atoms with van der Waals surface area (Å²) in [6.07, 6.45) is 0.460. The molecule has 128 valence electrons. The molecule has 0 aromatic rings. The summed E-state index contributed by atoms with van der Waals surface area (Å²) in [6, 6.07) is 0. The lowest BCUT2D eigenvalue weighted by molar-refractivity contribution is -0.302. The highest BCUT2D eigenvalue weighted by Gasteiger charge is 2.44. The van der Waals surface area contributed by atoms with Crippen LogP contribution in [0.2, 0.25) is 0 Å². The molecule has 1 aliphatic heterocycles. The average Bonchev–Trinajstić information content (AvgIpc) is 2.52. The van der Waals surface area contributed by atoms with Crippen molar-refractivity contribution in [3.8, 4) is 0 Å². The molecule has 22 heavy (non-hydrogen) atoms. The quantitative estimate of drug-likeness (QED) is 0.535. The minimum absolute atomic E-state index is 0.252. The van der Waals surface area contributed by atoms with Gasteiger partial charge in [0.05, 0.1) is 13.2 Å². The van der Waals surface area contributed by atoms with Crippen LogP contribution in [0.25, 0.3) is 0 Å². The molecule has 0 aromatic heterocycles. The van der Waals surface area contributed by atoms with Crippen molar-refractivity contribution in [2.75, 3.05) is 13.2 Å². The van der Waals surface area contributed by atoms with E-state index in [-0.39, 0.29) is 5.92 Å². The fourth-order valence-electron chi connectivity index (χ4n) is 3.02. The summed E-state index contributed by atoms with van der Waals surface area (Å²) in [5.74, 6) is 1.48. The van der Waals surface area contributed by atoms with Gasteiger partial charge in [-0.1, -0.05) is 26.0 Å². The molecule has 0 spiro atoms. The smallest absolute Gasteiger partial charge is 0.186 e. The van der Waals surface area contributed by atoms with Crippen molar-refractivity contribution in [3.63, 3.8) is 0 Å². The van der Waals surface area contributed by atoms with Gasteiger partial charge in [-0.15, -0.1) is 0 Å². The zero-order valence-electron chi connectivity index (χ0n) is 13.2. The monoisotopic (exact) mass is 316 g/mol. The van der Waals surface area contributed by atoms with E-state index < -0.39 is 37.3 Å². The number of allylic oxidation sites excluding steroid dienone is 1. The average molecular weight is 316 g/mol. The van der Waals surface area contributed by atoms with E-state index in [1.807, 2.05) is 0 Å². The lowest BCUT2D eigenvalue weighted by Gasteiger charge is -2.40. The van der Waals surface area contributed by atoms with Gasteiger partial charge in [0.15, 0.2) is 6.29 Å². The Kier molecular flexibility index (Phi) is 6.37. The third-order valence-electron chi connectivity index (χ3n) is 4.68. The third-order valence-corrected chi connectivity index (χ3v) is 4.68. The fourth-order valence-corrected chi connectivity index (χ4v) is 3.02. The van der Waals surface area contributed by atoms with E-state index in [9.17, 15) is 15.3 Å². The van der Waals surface area contributed by atoms with E-state index in [0.29, 0.717) is 18.4 Å². The maximum Gasteiger partial charge on any atom is 0.186 e. The summed E-state index contributed by atoms with van der Waals surface area (Å²) < 4.78 is 10.9. The zero-order chi connectivity index (χ0) is 16.3. The van der Waals surface area contributed by atoms with Crippen LogP contribution in [0.5, 0.6) is 0 Å². The van der Waals surface area contributed by atoms with Gasteiger partial charge >= 0.3 is 0 Å². The summed E-state index contributed by atoms with van der Waals surface area (Å²) in [5.41, 5.74) is 0. The Morgan fingerprint density at radius 2 is 1.82 bits per heavy atom. The van der Waals surface area contributed by atoms with Gasteiger partial charge in [0.25, 0.3) is 0 Å². The minimum Gasteiger partial charge on any atom is -0.394 e. The third kappa shape index (κ3) is 4.07. The first-order valence-electron chi connectivity index (χ1n) is 8.04. The molecule has 0 bridgehead atoms. The molecule has 4 N–H and O–H groups in total. The van der Waals surface area contributed by atoms with Crippen LogP contribution in [0.3, 0.4) is 0 Å². The van der Waals surface area contributed by atoms with Crippen molar-refractivity contribution < 1.29 is 29.9 Å². The largest absolute Gasteiger partial charge is 0.394 e. The van der Waals surface area contributed by atoms with Gasteiger partial charge in [0.2, 0.25) is 0 Å². The van der Waals surface area contributed by atoms with Crippen LogP contribution in [0.1, 0.15) is 26.7 Å². The second-order valence-corrected chi connectivity index (χ2v) is 6.66. The standard InChI is InChI=1S/C16H28O6/c1-9(2)11-5-3-10(4-6-11)8-21-16-15(20)14(19)13(18)12(7-17)22-16/h3,5,9-20H,4,6-8H2,1-2H3/t10-,11-,12-,13-,14+,15-,16-/m1/s1. The van der Waals surface area contributed by atoms with Gasteiger partial charge in [0, 0.05) is 5.92 Å². The van der Waals surface area contributed by atoms with E-state index in [1.165, 1.54) is 0 Å². The minimum atomic E-state index is -1.39. The Morgan fingerprint density at radius 1 is 1.09 bits per heavy atom. The van der Waals surface area contributed by atoms with E-state index in [0.717, 1.165) is 12.8 Å². The summed E-state index contributed by atoms with van der Waals surface area (Å²) in [5, 5.41) is 38.5. The van der Waals surface area contributed by atoms with E-state index in [2.05, 4.69) is 26.0 Å². The SMILES string of the molecule is CC(C)[C@@H]1C=C[C@@H](CO[C@@H]2O[C@H](CO)[C@@H](O)[C@H](O)[C@H]2O)CC1. The predicted octanol–water partition coefficient (Wildman–Crippen LogP) is 0.0413. The van der Waals surface area contributed by atoms with Gasteiger partial charge in [-0.25, -0.2) is 0 Å². The molecule has 0 aromatic carbocycles. The van der Waals surface area contributed by atoms with Gasteiger partial charge in [-0.05, 0) is 24.7 Å². The number of rotatable bonds is 5. The van der Waals surface area contributed by atoms with E-state index >= 15 is 0 Å². The second-order valence-electron chi connectivity index (χ2n) is 6.66. The Hall–Kier alpha value is -0.500.